The molecule has 0 saturated carbocycles. The number of benzene rings is 2. The third kappa shape index (κ3) is 5.43. The number of ether oxygens (including phenoxy) is 3. The summed E-state index contributed by atoms with van der Waals surface area (Å²) in [4.78, 5) is 12.7. The summed E-state index contributed by atoms with van der Waals surface area (Å²) in [6.45, 7) is 13.2. The van der Waals surface area contributed by atoms with Gasteiger partial charge >= 0.3 is 5.97 Å². The van der Waals surface area contributed by atoms with Gasteiger partial charge in [0.25, 0.3) is 0 Å². The van der Waals surface area contributed by atoms with E-state index in [9.17, 15) is 4.79 Å². The van der Waals surface area contributed by atoms with Gasteiger partial charge in [0.2, 0.25) is 0 Å². The third-order valence-corrected chi connectivity index (χ3v) is 6.86. The van der Waals surface area contributed by atoms with Gasteiger partial charge in [-0.3, -0.25) is 0 Å². The Balaban J connectivity index is 1.73. The molecule has 0 aromatic heterocycles. The highest BCUT2D eigenvalue weighted by molar-refractivity contribution is 6.31. The maximum absolute atomic E-state index is 12.7. The van der Waals surface area contributed by atoms with Gasteiger partial charge in [0.05, 0.1) is 11.2 Å². The first-order chi connectivity index (χ1) is 14.1. The van der Waals surface area contributed by atoms with E-state index in [2.05, 4.69) is 20.8 Å². The standard InChI is InChI=1S/C24H32O5Si/c1-16-18(22(25)27-14-17-10-8-7-9-11-17)12-13-19-21(16)28-20(15-26-19)24(5,6)29-30-23(2,3)4/h7-13,20H,14-15,30H2,1-6H3. The third-order valence-electron chi connectivity index (χ3n) is 5.11. The largest absolute Gasteiger partial charge is 0.486 e. The van der Waals surface area contributed by atoms with Crippen LogP contribution in [0.3, 0.4) is 0 Å². The highest BCUT2D eigenvalue weighted by Crippen LogP contribution is 2.39. The summed E-state index contributed by atoms with van der Waals surface area (Å²) < 4.78 is 24.1. The molecule has 0 amide bonds. The Kier molecular flexibility index (Phi) is 6.58. The fourth-order valence-corrected chi connectivity index (χ4v) is 4.12. The van der Waals surface area contributed by atoms with Crippen molar-refractivity contribution in [1.82, 2.24) is 0 Å². The summed E-state index contributed by atoms with van der Waals surface area (Å²) in [5.41, 5.74) is 1.67. The average Bonchev–Trinajstić information content (AvgIpc) is 2.71. The minimum absolute atomic E-state index is 0.191. The zero-order valence-electron chi connectivity index (χ0n) is 18.8. The molecule has 1 atom stereocenters. The van der Waals surface area contributed by atoms with Gasteiger partial charge in [-0.15, -0.1) is 0 Å². The Morgan fingerprint density at radius 1 is 1.10 bits per heavy atom. The van der Waals surface area contributed by atoms with Crippen LogP contribution in [-0.4, -0.2) is 34.0 Å². The van der Waals surface area contributed by atoms with Gasteiger partial charge in [0.1, 0.15) is 13.2 Å². The van der Waals surface area contributed by atoms with Gasteiger partial charge in [-0.05, 0) is 43.5 Å². The van der Waals surface area contributed by atoms with Gasteiger partial charge < -0.3 is 18.6 Å². The van der Waals surface area contributed by atoms with E-state index in [1.165, 1.54) is 0 Å². The molecule has 1 heterocycles. The van der Waals surface area contributed by atoms with Gasteiger partial charge in [-0.25, -0.2) is 4.79 Å². The molecule has 0 fully saturated rings. The first kappa shape index (κ1) is 22.4. The van der Waals surface area contributed by atoms with E-state index in [-0.39, 0.29) is 23.7 Å². The lowest BCUT2D eigenvalue weighted by atomic mass is 10.0. The highest BCUT2D eigenvalue weighted by atomic mass is 28.2. The van der Waals surface area contributed by atoms with E-state index >= 15 is 0 Å². The Morgan fingerprint density at radius 2 is 1.80 bits per heavy atom. The Morgan fingerprint density at radius 3 is 2.47 bits per heavy atom. The lowest BCUT2D eigenvalue weighted by Gasteiger charge is -2.39. The van der Waals surface area contributed by atoms with E-state index in [1.807, 2.05) is 51.1 Å². The molecule has 0 spiro atoms. The van der Waals surface area contributed by atoms with Crippen molar-refractivity contribution in [3.63, 3.8) is 0 Å². The molecule has 2 aromatic rings. The number of hydrogen-bond donors (Lipinski definition) is 0. The molecule has 1 aliphatic rings. The molecule has 1 aliphatic heterocycles. The first-order valence-electron chi connectivity index (χ1n) is 10.3. The second-order valence-electron chi connectivity index (χ2n) is 9.50. The van der Waals surface area contributed by atoms with Gasteiger partial charge in [0.15, 0.2) is 27.4 Å². The van der Waals surface area contributed by atoms with Gasteiger partial charge in [0, 0.05) is 5.56 Å². The monoisotopic (exact) mass is 428 g/mol. The molecule has 5 nitrogen and oxygen atoms in total. The van der Waals surface area contributed by atoms with Crippen LogP contribution in [0.1, 0.15) is 56.1 Å². The fraction of sp³-hybridized carbons (Fsp3) is 0.458. The minimum Gasteiger partial charge on any atom is -0.486 e. The molecular formula is C24H32O5Si. The molecule has 0 radical (unpaired) electrons. The number of hydrogen-bond acceptors (Lipinski definition) is 5. The van der Waals surface area contributed by atoms with Crippen molar-refractivity contribution in [3.05, 3.63) is 59.2 Å². The highest BCUT2D eigenvalue weighted by Gasteiger charge is 2.38. The fourth-order valence-electron chi connectivity index (χ4n) is 3.13. The van der Waals surface area contributed by atoms with Gasteiger partial charge in [-0.1, -0.05) is 51.1 Å². The van der Waals surface area contributed by atoms with Crippen LogP contribution in [0.4, 0.5) is 0 Å². The van der Waals surface area contributed by atoms with Crippen molar-refractivity contribution < 1.29 is 23.4 Å². The molecule has 6 heteroatoms. The quantitative estimate of drug-likeness (QED) is 0.498. The van der Waals surface area contributed by atoms with E-state index < -0.39 is 15.4 Å². The number of carbonyl (C=O) groups is 1. The lowest BCUT2D eigenvalue weighted by Crippen LogP contribution is -2.49. The number of fused-ring (bicyclic) bond motifs is 1. The molecule has 0 saturated heterocycles. The number of rotatable bonds is 6. The summed E-state index contributed by atoms with van der Waals surface area (Å²) in [7, 11) is -0.748. The second-order valence-corrected chi connectivity index (χ2v) is 12.2. The predicted octanol–water partition coefficient (Wildman–Crippen LogP) is 4.59. The molecule has 162 valence electrons. The lowest BCUT2D eigenvalue weighted by molar-refractivity contribution is -0.0503. The molecule has 2 aromatic carbocycles. The molecule has 0 N–H and O–H groups in total. The maximum Gasteiger partial charge on any atom is 0.338 e. The summed E-state index contributed by atoms with van der Waals surface area (Å²) in [5, 5.41) is 0.191. The average molecular weight is 429 g/mol. The maximum atomic E-state index is 12.7. The predicted molar refractivity (Wildman–Crippen MR) is 120 cm³/mol. The van der Waals surface area contributed by atoms with E-state index in [1.54, 1.807) is 12.1 Å². The molecule has 0 bridgehead atoms. The van der Waals surface area contributed by atoms with E-state index in [0.29, 0.717) is 23.7 Å². The summed E-state index contributed by atoms with van der Waals surface area (Å²) in [6, 6.07) is 13.1. The van der Waals surface area contributed by atoms with Crippen LogP contribution in [0.25, 0.3) is 0 Å². The molecule has 0 aliphatic carbocycles. The zero-order chi connectivity index (χ0) is 21.9. The zero-order valence-corrected chi connectivity index (χ0v) is 20.2. The van der Waals surface area contributed by atoms with Crippen LogP contribution < -0.4 is 9.47 Å². The van der Waals surface area contributed by atoms with Crippen LogP contribution in [0.2, 0.25) is 5.04 Å². The van der Waals surface area contributed by atoms with Crippen LogP contribution >= 0.6 is 0 Å². The molecule has 1 unspecified atom stereocenters. The van der Waals surface area contributed by atoms with Crippen LogP contribution in [0.5, 0.6) is 11.5 Å². The van der Waals surface area contributed by atoms with Crippen molar-refractivity contribution in [2.45, 2.75) is 64.9 Å². The minimum atomic E-state index is -0.748. The molecular weight excluding hydrogens is 396 g/mol. The van der Waals surface area contributed by atoms with Crippen molar-refractivity contribution >= 4 is 15.7 Å². The summed E-state index contributed by atoms with van der Waals surface area (Å²) in [5.74, 6) is 0.863. The summed E-state index contributed by atoms with van der Waals surface area (Å²) >= 11 is 0. The molecule has 3 rings (SSSR count). The van der Waals surface area contributed by atoms with E-state index in [0.717, 1.165) is 11.1 Å². The Hall–Kier alpha value is -2.31. The second kappa shape index (κ2) is 8.82. The van der Waals surface area contributed by atoms with Crippen molar-refractivity contribution in [2.75, 3.05) is 6.61 Å². The Labute approximate surface area is 181 Å². The number of carbonyl (C=O) groups excluding carboxylic acids is 1. The van der Waals surface area contributed by atoms with Crippen molar-refractivity contribution in [3.8, 4) is 11.5 Å². The molecule has 30 heavy (non-hydrogen) atoms. The van der Waals surface area contributed by atoms with Crippen molar-refractivity contribution in [2.24, 2.45) is 0 Å². The van der Waals surface area contributed by atoms with Crippen LogP contribution in [-0.2, 0) is 15.8 Å². The normalized spacial score (nSPS) is 16.7. The first-order valence-corrected chi connectivity index (χ1v) is 11.6. The SMILES string of the molecule is Cc1c(C(=O)OCc2ccccc2)ccc2c1OC(C(C)(C)O[SiH2]C(C)(C)C)CO2. The summed E-state index contributed by atoms with van der Waals surface area (Å²) in [6.07, 6.45) is -0.255. The van der Waals surface area contributed by atoms with Crippen LogP contribution in [0, 0.1) is 6.92 Å². The Bertz CT molecular complexity index is 886. The number of esters is 1. The van der Waals surface area contributed by atoms with E-state index in [4.69, 9.17) is 18.6 Å². The van der Waals surface area contributed by atoms with Crippen LogP contribution in [0.15, 0.2) is 42.5 Å². The topological polar surface area (TPSA) is 54.0 Å². The smallest absolute Gasteiger partial charge is 0.338 e. The van der Waals surface area contributed by atoms with Crippen molar-refractivity contribution in [1.29, 1.82) is 0 Å². The van der Waals surface area contributed by atoms with Gasteiger partial charge in [-0.2, -0.15) is 0 Å².